The molecule has 3 atom stereocenters. The summed E-state index contributed by atoms with van der Waals surface area (Å²) in [5.74, 6) is -3.89. The first-order chi connectivity index (χ1) is 22.9. The van der Waals surface area contributed by atoms with Gasteiger partial charge in [0.1, 0.15) is 18.1 Å². The van der Waals surface area contributed by atoms with Crippen LogP contribution in [0.2, 0.25) is 5.02 Å². The van der Waals surface area contributed by atoms with E-state index in [1.165, 1.54) is 0 Å². The van der Waals surface area contributed by atoms with Crippen molar-refractivity contribution in [2.45, 2.75) is 97.7 Å². The molecule has 0 aliphatic carbocycles. The van der Waals surface area contributed by atoms with E-state index in [9.17, 15) is 39.0 Å². The first-order valence-electron chi connectivity index (χ1n) is 16.2. The van der Waals surface area contributed by atoms with E-state index in [1.807, 2.05) is 34.6 Å². The number of amides is 5. The van der Waals surface area contributed by atoms with Crippen LogP contribution in [0.25, 0.3) is 0 Å². The number of urea groups is 1. The average molecular weight is 702 g/mol. The van der Waals surface area contributed by atoms with E-state index >= 15 is 0 Å². The Bertz CT molecular complexity index is 1440. The topological polar surface area (TPSA) is 203 Å². The van der Waals surface area contributed by atoms with Gasteiger partial charge in [0.15, 0.2) is 0 Å². The maximum Gasteiger partial charge on any atom is 0.326 e. The van der Waals surface area contributed by atoms with Crippen molar-refractivity contribution in [2.24, 2.45) is 11.3 Å². The molecule has 0 aliphatic rings. The van der Waals surface area contributed by atoms with Crippen molar-refractivity contribution in [3.63, 3.8) is 0 Å². The van der Waals surface area contributed by atoms with Crippen LogP contribution < -0.4 is 26.6 Å². The van der Waals surface area contributed by atoms with Crippen molar-refractivity contribution >= 4 is 58.7 Å². The molecule has 0 fully saturated rings. The minimum Gasteiger partial charge on any atom is -0.480 e. The SMILES string of the molecule is CC(C)CC(NC(=O)Cc1ccc(NC(=O)Nc2ccc(Cl)cc2)cc1)C(=O)NC(CCCCC(NC(=O)CC(C)(C)C)C(=O)O)C(=O)O. The average Bonchev–Trinajstić information content (AvgIpc) is 2.98. The largest absolute Gasteiger partial charge is 0.480 e. The van der Waals surface area contributed by atoms with Gasteiger partial charge in [0.2, 0.25) is 17.7 Å². The molecule has 7 N–H and O–H groups in total. The van der Waals surface area contributed by atoms with E-state index in [-0.39, 0.29) is 55.8 Å². The van der Waals surface area contributed by atoms with Crippen molar-refractivity contribution in [1.29, 1.82) is 0 Å². The summed E-state index contributed by atoms with van der Waals surface area (Å²) in [6.07, 6.45) is 1.09. The van der Waals surface area contributed by atoms with Gasteiger partial charge in [0, 0.05) is 22.8 Å². The number of unbranched alkanes of at least 4 members (excludes halogenated alkanes) is 1. The third-order valence-electron chi connectivity index (χ3n) is 7.21. The molecule has 2 aromatic rings. The van der Waals surface area contributed by atoms with E-state index in [4.69, 9.17) is 11.6 Å². The third-order valence-corrected chi connectivity index (χ3v) is 7.46. The number of hydrogen-bond acceptors (Lipinski definition) is 6. The molecule has 13 nitrogen and oxygen atoms in total. The zero-order chi connectivity index (χ0) is 36.7. The number of anilines is 2. The highest BCUT2D eigenvalue weighted by Gasteiger charge is 2.28. The number of carbonyl (C=O) groups excluding carboxylic acids is 4. The van der Waals surface area contributed by atoms with Crippen molar-refractivity contribution in [2.75, 3.05) is 10.6 Å². The smallest absolute Gasteiger partial charge is 0.326 e. The van der Waals surface area contributed by atoms with Gasteiger partial charge in [-0.3, -0.25) is 14.4 Å². The van der Waals surface area contributed by atoms with E-state index in [0.717, 1.165) is 0 Å². The molecule has 49 heavy (non-hydrogen) atoms. The highest BCUT2D eigenvalue weighted by Crippen LogP contribution is 2.19. The van der Waals surface area contributed by atoms with Crippen LogP contribution in [0.5, 0.6) is 0 Å². The zero-order valence-electron chi connectivity index (χ0n) is 28.6. The van der Waals surface area contributed by atoms with Crippen LogP contribution in [0.4, 0.5) is 16.2 Å². The first kappa shape index (κ1) is 40.5. The van der Waals surface area contributed by atoms with Gasteiger partial charge in [-0.05, 0) is 72.6 Å². The summed E-state index contributed by atoms with van der Waals surface area (Å²) in [4.78, 5) is 74.2. The van der Waals surface area contributed by atoms with Crippen LogP contribution in [0.15, 0.2) is 48.5 Å². The van der Waals surface area contributed by atoms with Gasteiger partial charge in [-0.15, -0.1) is 0 Å². The summed E-state index contributed by atoms with van der Waals surface area (Å²) < 4.78 is 0. The van der Waals surface area contributed by atoms with E-state index in [1.54, 1.807) is 48.5 Å². The molecule has 0 radical (unpaired) electrons. The summed E-state index contributed by atoms with van der Waals surface area (Å²) in [6, 6.07) is 9.43. The summed E-state index contributed by atoms with van der Waals surface area (Å²) in [5, 5.41) is 32.9. The molecule has 0 saturated carbocycles. The summed E-state index contributed by atoms with van der Waals surface area (Å²) >= 11 is 5.86. The third kappa shape index (κ3) is 16.3. The number of hydrogen-bond donors (Lipinski definition) is 7. The molecule has 5 amide bonds. The van der Waals surface area contributed by atoms with Crippen LogP contribution in [0.3, 0.4) is 0 Å². The van der Waals surface area contributed by atoms with E-state index in [2.05, 4.69) is 26.6 Å². The fraction of sp³-hybridized carbons (Fsp3) is 0.486. The second-order valence-corrected chi connectivity index (χ2v) is 14.0. The molecule has 0 saturated heterocycles. The molecule has 0 aromatic heterocycles. The Morgan fingerprint density at radius 1 is 0.694 bits per heavy atom. The minimum atomic E-state index is -1.26. The van der Waals surface area contributed by atoms with Gasteiger partial charge in [-0.1, -0.05) is 71.2 Å². The van der Waals surface area contributed by atoms with Crippen molar-refractivity contribution in [1.82, 2.24) is 16.0 Å². The molecule has 2 rings (SSSR count). The number of halogens is 1. The van der Waals surface area contributed by atoms with Crippen LogP contribution in [0.1, 0.15) is 78.7 Å². The van der Waals surface area contributed by atoms with Crippen LogP contribution >= 0.6 is 11.6 Å². The molecule has 0 spiro atoms. The maximum atomic E-state index is 13.2. The van der Waals surface area contributed by atoms with Gasteiger partial charge in [0.05, 0.1) is 6.42 Å². The standard InChI is InChI=1S/C35H48ClN5O8/c1-21(2)18-28(31(44)41-27(33(47)48)9-7-6-8-26(32(45)46)39-30(43)20-35(3,4)5)40-29(42)19-22-10-14-24(15-11-22)37-34(49)38-25-16-12-23(36)13-17-25/h10-17,21,26-28H,6-9,18-20H2,1-5H3,(H,39,43)(H,40,42)(H,41,44)(H,45,46)(H,47,48)(H2,37,38,49). The van der Waals surface area contributed by atoms with E-state index < -0.39 is 47.9 Å². The number of carboxylic acids is 2. The van der Waals surface area contributed by atoms with Gasteiger partial charge >= 0.3 is 18.0 Å². The second-order valence-electron chi connectivity index (χ2n) is 13.6. The molecule has 0 aliphatic heterocycles. The molecule has 0 bridgehead atoms. The summed E-state index contributed by atoms with van der Waals surface area (Å²) in [6.45, 7) is 9.34. The Labute approximate surface area is 291 Å². The molecule has 3 unspecified atom stereocenters. The van der Waals surface area contributed by atoms with Crippen LogP contribution in [0, 0.1) is 11.3 Å². The number of benzene rings is 2. The second kappa shape index (κ2) is 19.4. The number of carbonyl (C=O) groups is 6. The van der Waals surface area contributed by atoms with Gasteiger partial charge in [-0.2, -0.15) is 0 Å². The molecule has 14 heteroatoms. The van der Waals surface area contributed by atoms with Crippen LogP contribution in [-0.4, -0.2) is 64.0 Å². The lowest BCUT2D eigenvalue weighted by atomic mass is 9.91. The zero-order valence-corrected chi connectivity index (χ0v) is 29.4. The fourth-order valence-corrected chi connectivity index (χ4v) is 5.00. The van der Waals surface area contributed by atoms with Crippen molar-refractivity contribution < 1.29 is 39.0 Å². The monoisotopic (exact) mass is 701 g/mol. The normalized spacial score (nSPS) is 13.0. The predicted octanol–water partition coefficient (Wildman–Crippen LogP) is 5.19. The molecule has 0 heterocycles. The molecular formula is C35H48ClN5O8. The summed E-state index contributed by atoms with van der Waals surface area (Å²) in [5.41, 5.74) is 1.38. The highest BCUT2D eigenvalue weighted by atomic mass is 35.5. The Kier molecular flexibility index (Phi) is 16.0. The van der Waals surface area contributed by atoms with E-state index in [0.29, 0.717) is 28.4 Å². The van der Waals surface area contributed by atoms with Gasteiger partial charge in [0.25, 0.3) is 0 Å². The Morgan fingerprint density at radius 3 is 1.63 bits per heavy atom. The summed E-state index contributed by atoms with van der Waals surface area (Å²) in [7, 11) is 0. The molecular weight excluding hydrogens is 654 g/mol. The Balaban J connectivity index is 1.91. The lowest BCUT2D eigenvalue weighted by Gasteiger charge is -2.23. The van der Waals surface area contributed by atoms with Crippen molar-refractivity contribution in [3.05, 3.63) is 59.1 Å². The highest BCUT2D eigenvalue weighted by molar-refractivity contribution is 6.30. The number of rotatable bonds is 18. The quantitative estimate of drug-likeness (QED) is 0.103. The molecule has 268 valence electrons. The number of nitrogens with one attached hydrogen (secondary N) is 5. The van der Waals surface area contributed by atoms with Gasteiger partial charge < -0.3 is 36.8 Å². The predicted molar refractivity (Wildman–Crippen MR) is 187 cm³/mol. The first-order valence-corrected chi connectivity index (χ1v) is 16.6. The molecule has 2 aromatic carbocycles. The number of carboxylic acid groups (broad SMARTS) is 2. The maximum absolute atomic E-state index is 13.2. The van der Waals surface area contributed by atoms with Gasteiger partial charge in [-0.25, -0.2) is 14.4 Å². The number of aliphatic carboxylic acids is 2. The minimum absolute atomic E-state index is 0.00477. The lowest BCUT2D eigenvalue weighted by Crippen LogP contribution is -2.52. The van der Waals surface area contributed by atoms with Crippen LogP contribution in [-0.2, 0) is 30.4 Å². The van der Waals surface area contributed by atoms with Crippen molar-refractivity contribution in [3.8, 4) is 0 Å². The lowest BCUT2D eigenvalue weighted by molar-refractivity contribution is -0.143. The Morgan fingerprint density at radius 2 is 1.16 bits per heavy atom. The Hall–Kier alpha value is -4.65. The fourth-order valence-electron chi connectivity index (χ4n) is 4.88.